The first kappa shape index (κ1) is 12.7. The number of Topliss-reactive ketones (excluding diaryl/α,β-unsaturated/α-hetero) is 1. The number of carbonyl (C=O) groups excluding carboxylic acids is 1. The molecule has 0 radical (unpaired) electrons. The van der Waals surface area contributed by atoms with E-state index in [1.165, 1.54) is 0 Å². The second kappa shape index (κ2) is 5.71. The van der Waals surface area contributed by atoms with Crippen LogP contribution in [0.15, 0.2) is 29.8 Å². The molecule has 0 spiro atoms. The Kier molecular flexibility index (Phi) is 4.03. The highest BCUT2D eigenvalue weighted by Gasteiger charge is 2.16. The molecule has 2 rings (SSSR count). The zero-order valence-electron chi connectivity index (χ0n) is 10.9. The Morgan fingerprint density at radius 3 is 2.72 bits per heavy atom. The molecule has 3 nitrogen and oxygen atoms in total. The number of hydrogen-bond acceptors (Lipinski definition) is 3. The fraction of sp³-hybridized carbons (Fsp3) is 0.400. The van der Waals surface area contributed by atoms with E-state index in [9.17, 15) is 4.79 Å². The highest BCUT2D eigenvalue weighted by atomic mass is 16.5. The van der Waals surface area contributed by atoms with Gasteiger partial charge in [-0.2, -0.15) is 0 Å². The number of ether oxygens (including phenoxy) is 2. The van der Waals surface area contributed by atoms with Gasteiger partial charge in [0.15, 0.2) is 5.78 Å². The Balaban J connectivity index is 2.23. The first-order chi connectivity index (χ1) is 8.74. The molecule has 0 aromatic heterocycles. The molecule has 1 aromatic carbocycles. The van der Waals surface area contributed by atoms with Crippen molar-refractivity contribution in [3.05, 3.63) is 35.4 Å². The lowest BCUT2D eigenvalue weighted by Gasteiger charge is -2.14. The van der Waals surface area contributed by atoms with Gasteiger partial charge in [0.1, 0.15) is 11.5 Å². The third-order valence-electron chi connectivity index (χ3n) is 3.23. The number of methoxy groups -OCH3 is 2. The summed E-state index contributed by atoms with van der Waals surface area (Å²) in [4.78, 5) is 11.8. The molecule has 0 heterocycles. The lowest BCUT2D eigenvalue weighted by molar-refractivity contribution is -0.116. The van der Waals surface area contributed by atoms with E-state index in [2.05, 4.69) is 6.08 Å². The van der Waals surface area contributed by atoms with Crippen LogP contribution in [0.3, 0.4) is 0 Å². The largest absolute Gasteiger partial charge is 0.497 e. The van der Waals surface area contributed by atoms with Gasteiger partial charge in [0.05, 0.1) is 14.2 Å². The number of benzene rings is 1. The number of ketones is 1. The monoisotopic (exact) mass is 246 g/mol. The lowest BCUT2D eigenvalue weighted by atomic mass is 9.92. The van der Waals surface area contributed by atoms with Gasteiger partial charge in [0.25, 0.3) is 0 Å². The molecule has 1 aliphatic rings. The summed E-state index contributed by atoms with van der Waals surface area (Å²) in [5.41, 5.74) is 1.93. The van der Waals surface area contributed by atoms with E-state index in [1.807, 2.05) is 18.2 Å². The van der Waals surface area contributed by atoms with Crippen molar-refractivity contribution in [1.82, 2.24) is 0 Å². The Morgan fingerprint density at radius 2 is 2.06 bits per heavy atom. The molecule has 18 heavy (non-hydrogen) atoms. The van der Waals surface area contributed by atoms with Crippen LogP contribution in [-0.2, 0) is 11.2 Å². The molecule has 0 saturated carbocycles. The maximum Gasteiger partial charge on any atom is 0.158 e. The maximum atomic E-state index is 11.8. The molecular weight excluding hydrogens is 228 g/mol. The van der Waals surface area contributed by atoms with Gasteiger partial charge in [0, 0.05) is 18.9 Å². The molecule has 3 heteroatoms. The third-order valence-corrected chi connectivity index (χ3v) is 3.23. The topological polar surface area (TPSA) is 35.5 Å². The molecule has 0 unspecified atom stereocenters. The Hall–Kier alpha value is -1.77. The first-order valence-corrected chi connectivity index (χ1v) is 6.17. The number of allylic oxidation sites excluding steroid dienone is 2. The summed E-state index contributed by atoms with van der Waals surface area (Å²) in [6.07, 6.45) is 5.34. The molecular formula is C15H18O3. The average Bonchev–Trinajstić information content (AvgIpc) is 2.41. The molecule has 0 amide bonds. The van der Waals surface area contributed by atoms with Crippen LogP contribution in [0, 0.1) is 0 Å². The molecule has 1 aromatic rings. The van der Waals surface area contributed by atoms with Gasteiger partial charge in [-0.25, -0.2) is 0 Å². The highest BCUT2D eigenvalue weighted by Crippen LogP contribution is 2.28. The van der Waals surface area contributed by atoms with E-state index >= 15 is 0 Å². The van der Waals surface area contributed by atoms with Crippen LogP contribution < -0.4 is 9.47 Å². The van der Waals surface area contributed by atoms with Gasteiger partial charge in [-0.3, -0.25) is 4.79 Å². The Morgan fingerprint density at radius 1 is 1.22 bits per heavy atom. The van der Waals surface area contributed by atoms with Crippen molar-refractivity contribution in [2.75, 3.05) is 14.2 Å². The van der Waals surface area contributed by atoms with Crippen molar-refractivity contribution in [2.24, 2.45) is 0 Å². The van der Waals surface area contributed by atoms with Gasteiger partial charge in [-0.05, 0) is 30.0 Å². The predicted octanol–water partition coefficient (Wildman–Crippen LogP) is 2.93. The molecule has 0 saturated heterocycles. The van der Waals surface area contributed by atoms with Crippen LogP contribution in [0.25, 0.3) is 0 Å². The Labute approximate surface area is 107 Å². The molecule has 0 fully saturated rings. The summed E-state index contributed by atoms with van der Waals surface area (Å²) in [6, 6.07) is 5.70. The Bertz CT molecular complexity index is 475. The van der Waals surface area contributed by atoms with E-state index < -0.39 is 0 Å². The minimum absolute atomic E-state index is 0.263. The fourth-order valence-corrected chi connectivity index (χ4v) is 2.19. The van der Waals surface area contributed by atoms with E-state index in [-0.39, 0.29) is 5.78 Å². The van der Waals surface area contributed by atoms with Crippen molar-refractivity contribution >= 4 is 5.78 Å². The summed E-state index contributed by atoms with van der Waals surface area (Å²) in [6.45, 7) is 0. The first-order valence-electron chi connectivity index (χ1n) is 6.17. The van der Waals surface area contributed by atoms with E-state index in [1.54, 1.807) is 14.2 Å². The van der Waals surface area contributed by atoms with Crippen molar-refractivity contribution in [3.8, 4) is 11.5 Å². The normalized spacial score (nSPS) is 15.2. The quantitative estimate of drug-likeness (QED) is 0.819. The minimum atomic E-state index is 0.263. The molecule has 0 aliphatic heterocycles. The van der Waals surface area contributed by atoms with Gasteiger partial charge in [0.2, 0.25) is 0 Å². The van der Waals surface area contributed by atoms with Crippen LogP contribution in [0.1, 0.15) is 24.8 Å². The van der Waals surface area contributed by atoms with Crippen LogP contribution in [0.2, 0.25) is 0 Å². The van der Waals surface area contributed by atoms with Crippen LogP contribution in [0.4, 0.5) is 0 Å². The predicted molar refractivity (Wildman–Crippen MR) is 70.2 cm³/mol. The smallest absolute Gasteiger partial charge is 0.158 e. The summed E-state index contributed by atoms with van der Waals surface area (Å²) in [5, 5.41) is 0. The van der Waals surface area contributed by atoms with Gasteiger partial charge in [-0.15, -0.1) is 0 Å². The van der Waals surface area contributed by atoms with Crippen molar-refractivity contribution in [1.29, 1.82) is 0 Å². The van der Waals surface area contributed by atoms with Crippen LogP contribution in [-0.4, -0.2) is 20.0 Å². The summed E-state index contributed by atoms with van der Waals surface area (Å²) in [5.74, 6) is 1.80. The number of carbonyl (C=O) groups is 1. The molecule has 0 atom stereocenters. The average molecular weight is 246 g/mol. The number of rotatable bonds is 4. The van der Waals surface area contributed by atoms with Crippen molar-refractivity contribution in [2.45, 2.75) is 25.7 Å². The minimum Gasteiger partial charge on any atom is -0.497 e. The van der Waals surface area contributed by atoms with E-state index in [0.717, 1.165) is 35.5 Å². The van der Waals surface area contributed by atoms with Gasteiger partial charge < -0.3 is 9.47 Å². The molecule has 0 bridgehead atoms. The lowest BCUT2D eigenvalue weighted by Crippen LogP contribution is -2.09. The van der Waals surface area contributed by atoms with Crippen molar-refractivity contribution < 1.29 is 14.3 Å². The standard InChI is InChI=1S/C15H18O3/c1-17-13-8-7-12(15(10-13)18-2)9-11-5-3-4-6-14(11)16/h5,7-8,10H,3-4,6,9H2,1-2H3. The zero-order chi connectivity index (χ0) is 13.0. The van der Waals surface area contributed by atoms with Gasteiger partial charge in [-0.1, -0.05) is 12.1 Å². The SMILES string of the molecule is COc1ccc(CC2=CCCCC2=O)c(OC)c1. The molecule has 96 valence electrons. The van der Waals surface area contributed by atoms with Crippen LogP contribution in [0.5, 0.6) is 11.5 Å². The van der Waals surface area contributed by atoms with E-state index in [4.69, 9.17) is 9.47 Å². The molecule has 0 N–H and O–H groups in total. The second-order valence-corrected chi connectivity index (χ2v) is 4.40. The third kappa shape index (κ3) is 2.73. The summed E-state index contributed by atoms with van der Waals surface area (Å²) < 4.78 is 10.5. The van der Waals surface area contributed by atoms with Gasteiger partial charge >= 0.3 is 0 Å². The summed E-state index contributed by atoms with van der Waals surface area (Å²) in [7, 11) is 3.26. The second-order valence-electron chi connectivity index (χ2n) is 4.40. The summed E-state index contributed by atoms with van der Waals surface area (Å²) >= 11 is 0. The zero-order valence-corrected chi connectivity index (χ0v) is 10.9. The van der Waals surface area contributed by atoms with Crippen molar-refractivity contribution in [3.63, 3.8) is 0 Å². The van der Waals surface area contributed by atoms with Crippen LogP contribution >= 0.6 is 0 Å². The molecule has 1 aliphatic carbocycles. The maximum absolute atomic E-state index is 11.8. The number of hydrogen-bond donors (Lipinski definition) is 0. The van der Waals surface area contributed by atoms with E-state index in [0.29, 0.717) is 12.8 Å². The highest BCUT2D eigenvalue weighted by molar-refractivity contribution is 5.96. The fourth-order valence-electron chi connectivity index (χ4n) is 2.19.